The zero-order valence-corrected chi connectivity index (χ0v) is 45.1. The van der Waals surface area contributed by atoms with Crippen LogP contribution in [0.25, 0.3) is 0 Å². The highest BCUT2D eigenvalue weighted by atomic mass is 16.7. The van der Waals surface area contributed by atoms with E-state index in [0.29, 0.717) is 17.4 Å². The number of esters is 2. The molecule has 0 aliphatic carbocycles. The summed E-state index contributed by atoms with van der Waals surface area (Å²) in [5.41, 5.74) is 0. The molecule has 9 heteroatoms. The van der Waals surface area contributed by atoms with Gasteiger partial charge in [0.1, 0.15) is 13.2 Å². The fourth-order valence-corrected chi connectivity index (χ4v) is 7.02. The van der Waals surface area contributed by atoms with E-state index in [1.807, 2.05) is 21.1 Å². The van der Waals surface area contributed by atoms with E-state index in [4.69, 9.17) is 18.9 Å². The van der Waals surface area contributed by atoms with Crippen molar-refractivity contribution in [2.24, 2.45) is 0 Å². The molecule has 1 N–H and O–H groups in total. The average Bonchev–Trinajstić information content (AvgIpc) is 3.33. The van der Waals surface area contributed by atoms with Gasteiger partial charge in [-0.15, -0.1) is 0 Å². The first-order valence-corrected chi connectivity index (χ1v) is 27.6. The molecule has 0 amide bonds. The van der Waals surface area contributed by atoms with Gasteiger partial charge >= 0.3 is 17.9 Å². The maximum absolute atomic E-state index is 12.8. The number of carbonyl (C=O) groups excluding carboxylic acids is 2. The lowest BCUT2D eigenvalue weighted by Gasteiger charge is -2.25. The third kappa shape index (κ3) is 51.8. The predicted molar refractivity (Wildman–Crippen MR) is 295 cm³/mol. The summed E-state index contributed by atoms with van der Waals surface area (Å²) in [5, 5.41) is 9.68. The van der Waals surface area contributed by atoms with Crippen molar-refractivity contribution in [1.29, 1.82) is 0 Å². The Morgan fingerprint density at radius 1 is 0.443 bits per heavy atom. The quantitative estimate of drug-likeness (QED) is 0.0211. The van der Waals surface area contributed by atoms with Gasteiger partial charge in [-0.1, -0.05) is 194 Å². The first-order chi connectivity index (χ1) is 34.1. The van der Waals surface area contributed by atoms with Crippen molar-refractivity contribution in [2.75, 3.05) is 47.5 Å². The number of quaternary nitrogens is 1. The summed E-state index contributed by atoms with van der Waals surface area (Å²) in [6, 6.07) is 0. The number of nitrogens with zero attached hydrogens (tertiary/aromatic N) is 1. The highest BCUT2D eigenvalue weighted by Crippen LogP contribution is 2.13. The third-order valence-electron chi connectivity index (χ3n) is 11.3. The van der Waals surface area contributed by atoms with E-state index >= 15 is 0 Å². The van der Waals surface area contributed by atoms with Crippen LogP contribution in [0.4, 0.5) is 0 Å². The first kappa shape index (κ1) is 66.0. The summed E-state index contributed by atoms with van der Waals surface area (Å²) < 4.78 is 22.8. The van der Waals surface area contributed by atoms with E-state index in [0.717, 1.165) is 128 Å². The fourth-order valence-electron chi connectivity index (χ4n) is 7.02. The number of carboxylic acid groups (broad SMARTS) is 1. The van der Waals surface area contributed by atoms with E-state index < -0.39 is 24.3 Å². The molecule has 0 spiro atoms. The van der Waals surface area contributed by atoms with Gasteiger partial charge in [-0.25, -0.2) is 4.79 Å². The molecule has 70 heavy (non-hydrogen) atoms. The van der Waals surface area contributed by atoms with Crippen LogP contribution in [0.5, 0.6) is 0 Å². The maximum atomic E-state index is 12.8. The smallest absolute Gasteiger partial charge is 0.361 e. The van der Waals surface area contributed by atoms with Crippen LogP contribution in [0.15, 0.2) is 109 Å². The molecular formula is C61H102NO8+. The van der Waals surface area contributed by atoms with Crippen molar-refractivity contribution < 1.29 is 42.9 Å². The molecule has 0 saturated carbocycles. The second kappa shape index (κ2) is 51.3. The molecule has 2 atom stereocenters. The Morgan fingerprint density at radius 3 is 1.23 bits per heavy atom. The second-order valence-electron chi connectivity index (χ2n) is 19.2. The van der Waals surface area contributed by atoms with Crippen molar-refractivity contribution in [2.45, 2.75) is 212 Å². The van der Waals surface area contributed by atoms with Crippen molar-refractivity contribution in [3.8, 4) is 0 Å². The Hall–Kier alpha value is -4.05. The number of carboxylic acids is 1. The molecule has 0 aliphatic rings. The second-order valence-corrected chi connectivity index (χ2v) is 19.2. The lowest BCUT2D eigenvalue weighted by Crippen LogP contribution is -2.40. The number of rotatable bonds is 49. The minimum atomic E-state index is -1.52. The van der Waals surface area contributed by atoms with Gasteiger partial charge < -0.3 is 28.5 Å². The van der Waals surface area contributed by atoms with E-state index in [-0.39, 0.29) is 38.6 Å². The van der Waals surface area contributed by atoms with E-state index in [1.54, 1.807) is 0 Å². The van der Waals surface area contributed by atoms with Gasteiger partial charge in [0.05, 0.1) is 34.4 Å². The Balaban J connectivity index is 4.32. The van der Waals surface area contributed by atoms with Crippen LogP contribution in [0.1, 0.15) is 200 Å². The SMILES string of the molecule is CC/C=C\C/C=C\C/C=C\C/C=C\C/C=C\C/C=C\C/C=C\C/C=C\CCCCCCCCC(=O)OC(COC(=O)CCCCCCC/C=C\CCCCCCC)COC(OCC[N+](C)(C)C)C(=O)O. The van der Waals surface area contributed by atoms with Crippen molar-refractivity contribution in [3.05, 3.63) is 109 Å². The Kier molecular flexibility index (Phi) is 48.3. The van der Waals surface area contributed by atoms with Crippen molar-refractivity contribution in [3.63, 3.8) is 0 Å². The molecule has 0 aromatic heterocycles. The van der Waals surface area contributed by atoms with Gasteiger partial charge in [0, 0.05) is 12.8 Å². The number of unbranched alkanes of at least 4 members (excludes halogenated alkanes) is 16. The summed E-state index contributed by atoms with van der Waals surface area (Å²) in [4.78, 5) is 37.3. The van der Waals surface area contributed by atoms with Crippen LogP contribution in [-0.4, -0.2) is 87.4 Å². The van der Waals surface area contributed by atoms with E-state index in [2.05, 4.69) is 123 Å². The minimum absolute atomic E-state index is 0.178. The van der Waals surface area contributed by atoms with Gasteiger partial charge in [-0.2, -0.15) is 0 Å². The van der Waals surface area contributed by atoms with Crippen LogP contribution < -0.4 is 0 Å². The van der Waals surface area contributed by atoms with Crippen LogP contribution in [0.2, 0.25) is 0 Å². The number of carbonyl (C=O) groups is 3. The number of ether oxygens (including phenoxy) is 4. The minimum Gasteiger partial charge on any atom is -0.477 e. The van der Waals surface area contributed by atoms with Crippen molar-refractivity contribution in [1.82, 2.24) is 0 Å². The highest BCUT2D eigenvalue weighted by Gasteiger charge is 2.25. The van der Waals surface area contributed by atoms with Crippen LogP contribution in [-0.2, 0) is 33.3 Å². The Morgan fingerprint density at radius 2 is 0.814 bits per heavy atom. The van der Waals surface area contributed by atoms with Gasteiger partial charge in [-0.05, 0) is 103 Å². The summed E-state index contributed by atoms with van der Waals surface area (Å²) in [6.07, 6.45) is 67.3. The number of likely N-dealkylation sites (N-methyl/N-ethyl adjacent to an activating group) is 1. The molecule has 9 nitrogen and oxygen atoms in total. The predicted octanol–water partition coefficient (Wildman–Crippen LogP) is 15.9. The lowest BCUT2D eigenvalue weighted by atomic mass is 10.1. The highest BCUT2D eigenvalue weighted by molar-refractivity contribution is 5.71. The third-order valence-corrected chi connectivity index (χ3v) is 11.3. The standard InChI is InChI=1S/C61H101NO8/c1-6-8-10-12-14-16-18-20-22-23-24-25-26-27-28-29-30-31-32-33-34-35-36-37-38-40-42-44-46-48-50-52-59(64)70-57(56-69-61(60(65)66)67-54-53-62(3,4)5)55-68-58(63)51-49-47-45-43-41-39-21-19-17-15-13-11-9-7-2/h8,10,14,16,19-22,24-25,27-28,30-31,33-34,36-37,57,61H,6-7,9,11-13,15,17-18,23,26,29,32,35,38-56H2,1-5H3/p+1/b10-8-,16-14-,21-19-,22-20-,25-24-,28-27-,31-30-,34-33-,37-36-. The Labute approximate surface area is 428 Å². The van der Waals surface area contributed by atoms with Gasteiger partial charge in [0.2, 0.25) is 0 Å². The molecule has 2 unspecified atom stereocenters. The molecular weight excluding hydrogens is 875 g/mol. The average molecular weight is 977 g/mol. The fraction of sp³-hybridized carbons (Fsp3) is 0.656. The molecule has 0 aromatic rings. The van der Waals surface area contributed by atoms with Crippen molar-refractivity contribution >= 4 is 17.9 Å². The molecule has 0 saturated heterocycles. The summed E-state index contributed by atoms with van der Waals surface area (Å²) in [5.74, 6) is -2.05. The first-order valence-electron chi connectivity index (χ1n) is 27.6. The van der Waals surface area contributed by atoms with Crippen LogP contribution in [0, 0.1) is 0 Å². The van der Waals surface area contributed by atoms with Gasteiger partial charge in [-0.3, -0.25) is 9.59 Å². The van der Waals surface area contributed by atoms with Crippen LogP contribution in [0.3, 0.4) is 0 Å². The molecule has 0 rings (SSSR count). The number of allylic oxidation sites excluding steroid dienone is 18. The Bertz CT molecular complexity index is 1510. The normalized spacial score (nSPS) is 13.7. The van der Waals surface area contributed by atoms with E-state index in [1.165, 1.54) is 38.5 Å². The molecule has 398 valence electrons. The lowest BCUT2D eigenvalue weighted by molar-refractivity contribution is -0.870. The maximum Gasteiger partial charge on any atom is 0.361 e. The monoisotopic (exact) mass is 977 g/mol. The number of hydrogen-bond acceptors (Lipinski definition) is 7. The summed E-state index contributed by atoms with van der Waals surface area (Å²) in [7, 11) is 5.95. The summed E-state index contributed by atoms with van der Waals surface area (Å²) in [6.45, 7) is 4.70. The van der Waals surface area contributed by atoms with Gasteiger partial charge in [0.25, 0.3) is 6.29 Å². The molecule has 0 bridgehead atoms. The topological polar surface area (TPSA) is 108 Å². The van der Waals surface area contributed by atoms with Crippen LogP contribution >= 0.6 is 0 Å². The largest absolute Gasteiger partial charge is 0.477 e. The summed E-state index contributed by atoms with van der Waals surface area (Å²) >= 11 is 0. The molecule has 0 heterocycles. The molecule has 0 aromatic carbocycles. The number of aliphatic carboxylic acids is 1. The molecule has 0 fully saturated rings. The zero-order chi connectivity index (χ0) is 51.3. The zero-order valence-electron chi connectivity index (χ0n) is 45.1. The molecule has 0 aliphatic heterocycles. The number of hydrogen-bond donors (Lipinski definition) is 1. The molecule has 0 radical (unpaired) electrons. The van der Waals surface area contributed by atoms with Gasteiger partial charge in [0.15, 0.2) is 6.10 Å². The van der Waals surface area contributed by atoms with E-state index in [9.17, 15) is 19.5 Å².